The smallest absolute Gasteiger partial charge is 0.0416 e. The highest BCUT2D eigenvalue weighted by Gasteiger charge is 2.13. The van der Waals surface area contributed by atoms with Gasteiger partial charge in [0, 0.05) is 25.3 Å². The second-order valence-corrected chi connectivity index (χ2v) is 5.61. The molecule has 2 nitrogen and oxygen atoms in total. The normalized spacial score (nSPS) is 12.5. The zero-order valence-corrected chi connectivity index (χ0v) is 12.2. The number of hydrogen-bond donors (Lipinski definition) is 1. The number of nitrogens with zero attached hydrogens (tertiary/aromatic N) is 1. The summed E-state index contributed by atoms with van der Waals surface area (Å²) < 4.78 is 0. The SMILES string of the molecule is CSCCC(CN)N(C)c1cc(C)cc(C)c1. The van der Waals surface area contributed by atoms with Gasteiger partial charge >= 0.3 is 0 Å². The van der Waals surface area contributed by atoms with Gasteiger partial charge in [-0.05, 0) is 55.5 Å². The van der Waals surface area contributed by atoms with Gasteiger partial charge < -0.3 is 10.6 Å². The molecule has 0 heterocycles. The second-order valence-electron chi connectivity index (χ2n) is 4.63. The van der Waals surface area contributed by atoms with Crippen molar-refractivity contribution in [3.63, 3.8) is 0 Å². The van der Waals surface area contributed by atoms with Crippen LogP contribution in [0.2, 0.25) is 0 Å². The third kappa shape index (κ3) is 4.25. The Morgan fingerprint density at radius 1 is 1.24 bits per heavy atom. The minimum Gasteiger partial charge on any atom is -0.370 e. The van der Waals surface area contributed by atoms with Gasteiger partial charge in [-0.2, -0.15) is 11.8 Å². The molecule has 2 N–H and O–H groups in total. The van der Waals surface area contributed by atoms with Gasteiger partial charge in [-0.1, -0.05) is 6.07 Å². The van der Waals surface area contributed by atoms with Crippen LogP contribution in [-0.4, -0.2) is 31.6 Å². The van der Waals surface area contributed by atoms with E-state index in [2.05, 4.69) is 50.2 Å². The molecule has 96 valence electrons. The van der Waals surface area contributed by atoms with Gasteiger partial charge in [0.05, 0.1) is 0 Å². The highest BCUT2D eigenvalue weighted by atomic mass is 32.2. The van der Waals surface area contributed by atoms with Crippen LogP contribution >= 0.6 is 11.8 Å². The number of benzene rings is 1. The maximum absolute atomic E-state index is 5.88. The zero-order valence-electron chi connectivity index (χ0n) is 11.4. The summed E-state index contributed by atoms with van der Waals surface area (Å²) in [6, 6.07) is 7.10. The average Bonchev–Trinajstić information content (AvgIpc) is 2.28. The maximum Gasteiger partial charge on any atom is 0.0416 e. The van der Waals surface area contributed by atoms with Crippen molar-refractivity contribution in [2.75, 3.05) is 30.5 Å². The first kappa shape index (κ1) is 14.4. The summed E-state index contributed by atoms with van der Waals surface area (Å²) in [6.45, 7) is 5.00. The molecule has 0 aliphatic rings. The second kappa shape index (κ2) is 6.92. The molecule has 3 heteroatoms. The van der Waals surface area contributed by atoms with Crippen LogP contribution in [0.15, 0.2) is 18.2 Å². The highest BCUT2D eigenvalue weighted by molar-refractivity contribution is 7.98. The molecular weight excluding hydrogens is 228 g/mol. The van der Waals surface area contributed by atoms with E-state index in [1.165, 1.54) is 16.8 Å². The molecule has 1 aromatic rings. The molecule has 0 radical (unpaired) electrons. The lowest BCUT2D eigenvalue weighted by atomic mass is 10.1. The summed E-state index contributed by atoms with van der Waals surface area (Å²) in [5, 5.41) is 0. The van der Waals surface area contributed by atoms with Gasteiger partial charge in [0.1, 0.15) is 0 Å². The predicted octanol–water partition coefficient (Wildman–Crippen LogP) is 2.82. The standard InChI is InChI=1S/C14H24N2S/c1-11-7-12(2)9-14(8-11)16(3)13(10-15)5-6-17-4/h7-9,13H,5-6,10,15H2,1-4H3. The number of rotatable bonds is 6. The topological polar surface area (TPSA) is 29.3 Å². The monoisotopic (exact) mass is 252 g/mol. The van der Waals surface area contributed by atoms with Crippen molar-refractivity contribution in [2.45, 2.75) is 26.3 Å². The fourth-order valence-corrected chi connectivity index (χ4v) is 2.60. The number of anilines is 1. The van der Waals surface area contributed by atoms with Gasteiger partial charge in [0.2, 0.25) is 0 Å². The van der Waals surface area contributed by atoms with E-state index in [4.69, 9.17) is 5.73 Å². The quantitative estimate of drug-likeness (QED) is 0.844. The molecule has 1 atom stereocenters. The lowest BCUT2D eigenvalue weighted by Gasteiger charge is -2.29. The molecule has 0 aliphatic heterocycles. The number of aryl methyl sites for hydroxylation is 2. The van der Waals surface area contributed by atoms with Crippen molar-refractivity contribution < 1.29 is 0 Å². The summed E-state index contributed by atoms with van der Waals surface area (Å²) >= 11 is 1.88. The Bertz CT molecular complexity index is 332. The van der Waals surface area contributed by atoms with E-state index in [-0.39, 0.29) is 0 Å². The van der Waals surface area contributed by atoms with Gasteiger partial charge in [0.15, 0.2) is 0 Å². The minimum absolute atomic E-state index is 0.434. The van der Waals surface area contributed by atoms with Crippen LogP contribution in [0.1, 0.15) is 17.5 Å². The Morgan fingerprint density at radius 3 is 2.29 bits per heavy atom. The average molecular weight is 252 g/mol. The van der Waals surface area contributed by atoms with Crippen molar-refractivity contribution in [3.05, 3.63) is 29.3 Å². The molecule has 0 aliphatic carbocycles. The first-order valence-electron chi connectivity index (χ1n) is 6.08. The van der Waals surface area contributed by atoms with E-state index in [9.17, 15) is 0 Å². The third-order valence-electron chi connectivity index (χ3n) is 3.09. The molecule has 0 saturated carbocycles. The van der Waals surface area contributed by atoms with Gasteiger partial charge in [-0.3, -0.25) is 0 Å². The van der Waals surface area contributed by atoms with E-state index in [1.807, 2.05) is 11.8 Å². The molecular formula is C14H24N2S. The number of hydrogen-bond acceptors (Lipinski definition) is 3. The summed E-state index contributed by atoms with van der Waals surface area (Å²) in [5.41, 5.74) is 9.78. The molecule has 0 bridgehead atoms. The van der Waals surface area contributed by atoms with E-state index >= 15 is 0 Å². The van der Waals surface area contributed by atoms with Crippen LogP contribution in [0.25, 0.3) is 0 Å². The van der Waals surface area contributed by atoms with Gasteiger partial charge in [0.25, 0.3) is 0 Å². The van der Waals surface area contributed by atoms with Crippen molar-refractivity contribution in [3.8, 4) is 0 Å². The Kier molecular flexibility index (Phi) is 5.86. The minimum atomic E-state index is 0.434. The van der Waals surface area contributed by atoms with Crippen LogP contribution in [0.5, 0.6) is 0 Å². The number of thioether (sulfide) groups is 1. The fourth-order valence-electron chi connectivity index (χ4n) is 2.09. The molecule has 0 amide bonds. The molecule has 0 saturated heterocycles. The molecule has 1 aromatic carbocycles. The molecule has 17 heavy (non-hydrogen) atoms. The van der Waals surface area contributed by atoms with E-state index in [0.717, 1.165) is 12.2 Å². The lowest BCUT2D eigenvalue weighted by Crippen LogP contribution is -2.38. The molecule has 1 rings (SSSR count). The molecule has 0 aromatic heterocycles. The summed E-state index contributed by atoms with van der Waals surface area (Å²) in [6.07, 6.45) is 3.28. The van der Waals surface area contributed by atoms with Crippen molar-refractivity contribution in [2.24, 2.45) is 5.73 Å². The van der Waals surface area contributed by atoms with Gasteiger partial charge in [-0.15, -0.1) is 0 Å². The predicted molar refractivity (Wildman–Crippen MR) is 80.2 cm³/mol. The molecule has 0 fully saturated rings. The Labute approximate surface area is 110 Å². The molecule has 1 unspecified atom stereocenters. The molecule has 0 spiro atoms. The number of likely N-dealkylation sites (N-methyl/N-ethyl adjacent to an activating group) is 1. The van der Waals surface area contributed by atoms with E-state index in [1.54, 1.807) is 0 Å². The summed E-state index contributed by atoms with van der Waals surface area (Å²) in [5.74, 6) is 1.16. The van der Waals surface area contributed by atoms with Crippen molar-refractivity contribution in [1.82, 2.24) is 0 Å². The first-order chi connectivity index (χ1) is 8.08. The highest BCUT2D eigenvalue weighted by Crippen LogP contribution is 2.20. The summed E-state index contributed by atoms with van der Waals surface area (Å²) in [7, 11) is 2.14. The lowest BCUT2D eigenvalue weighted by molar-refractivity contribution is 0.623. The van der Waals surface area contributed by atoms with E-state index < -0.39 is 0 Å². The Balaban J connectivity index is 2.81. The maximum atomic E-state index is 5.88. The third-order valence-corrected chi connectivity index (χ3v) is 3.73. The van der Waals surface area contributed by atoms with Crippen LogP contribution in [0, 0.1) is 13.8 Å². The Morgan fingerprint density at radius 2 is 1.82 bits per heavy atom. The number of nitrogens with two attached hydrogens (primary N) is 1. The van der Waals surface area contributed by atoms with Crippen LogP contribution in [0.4, 0.5) is 5.69 Å². The Hall–Kier alpha value is -0.670. The van der Waals surface area contributed by atoms with Crippen LogP contribution in [-0.2, 0) is 0 Å². The van der Waals surface area contributed by atoms with Crippen molar-refractivity contribution in [1.29, 1.82) is 0 Å². The summed E-state index contributed by atoms with van der Waals surface area (Å²) in [4.78, 5) is 2.32. The first-order valence-corrected chi connectivity index (χ1v) is 7.48. The van der Waals surface area contributed by atoms with Crippen LogP contribution in [0.3, 0.4) is 0 Å². The fraction of sp³-hybridized carbons (Fsp3) is 0.571. The van der Waals surface area contributed by atoms with Crippen LogP contribution < -0.4 is 10.6 Å². The van der Waals surface area contributed by atoms with Crippen molar-refractivity contribution >= 4 is 17.4 Å². The zero-order chi connectivity index (χ0) is 12.8. The largest absolute Gasteiger partial charge is 0.370 e. The van der Waals surface area contributed by atoms with E-state index in [0.29, 0.717) is 12.6 Å². The van der Waals surface area contributed by atoms with Gasteiger partial charge in [-0.25, -0.2) is 0 Å².